The Morgan fingerprint density at radius 1 is 0.818 bits per heavy atom. The van der Waals surface area contributed by atoms with Crippen LogP contribution in [0.3, 0.4) is 0 Å². The van der Waals surface area contributed by atoms with Crippen LogP contribution in [0.15, 0.2) is 60.7 Å². The van der Waals surface area contributed by atoms with E-state index in [2.05, 4.69) is 10.2 Å². The number of nitrogens with one attached hydrogen (secondary N) is 1. The van der Waals surface area contributed by atoms with Gasteiger partial charge in [0.15, 0.2) is 12.2 Å². The summed E-state index contributed by atoms with van der Waals surface area (Å²) in [5, 5.41) is 2.98. The average Bonchev–Trinajstić information content (AvgIpc) is 2.87. The number of amides is 2. The van der Waals surface area contributed by atoms with Crippen molar-refractivity contribution in [2.45, 2.75) is 38.9 Å². The maximum Gasteiger partial charge on any atom is 0.263 e. The molecule has 0 spiro atoms. The van der Waals surface area contributed by atoms with E-state index in [4.69, 9.17) is 9.47 Å². The minimum atomic E-state index is -0.502. The maximum atomic E-state index is 12.9. The predicted octanol–water partition coefficient (Wildman–Crippen LogP) is 2.96. The molecule has 1 aliphatic heterocycles. The van der Waals surface area contributed by atoms with Crippen molar-refractivity contribution in [1.29, 1.82) is 0 Å². The zero-order chi connectivity index (χ0) is 23.5. The first-order valence-corrected chi connectivity index (χ1v) is 11.8. The van der Waals surface area contributed by atoms with Crippen molar-refractivity contribution < 1.29 is 19.1 Å². The van der Waals surface area contributed by atoms with Gasteiger partial charge in [-0.15, -0.1) is 0 Å². The van der Waals surface area contributed by atoms with Crippen molar-refractivity contribution in [2.24, 2.45) is 0 Å². The van der Waals surface area contributed by atoms with Crippen LogP contribution in [0.1, 0.15) is 26.7 Å². The molecule has 0 unspecified atom stereocenters. The van der Waals surface area contributed by atoms with Gasteiger partial charge in [0.2, 0.25) is 0 Å². The molecular formula is C26H35N3O4. The summed E-state index contributed by atoms with van der Waals surface area (Å²) >= 11 is 0. The zero-order valence-electron chi connectivity index (χ0n) is 19.6. The number of hydrogen-bond acceptors (Lipinski definition) is 5. The Morgan fingerprint density at radius 3 is 1.85 bits per heavy atom. The number of rotatable bonds is 11. The summed E-state index contributed by atoms with van der Waals surface area (Å²) in [7, 11) is 0. The Bertz CT molecular complexity index is 852. The van der Waals surface area contributed by atoms with Gasteiger partial charge in [-0.2, -0.15) is 0 Å². The average molecular weight is 454 g/mol. The van der Waals surface area contributed by atoms with Gasteiger partial charge in [0.05, 0.1) is 0 Å². The molecule has 0 bridgehead atoms. The highest BCUT2D eigenvalue weighted by atomic mass is 16.5. The highest BCUT2D eigenvalue weighted by Crippen LogP contribution is 2.15. The number of ether oxygens (including phenoxy) is 2. The van der Waals surface area contributed by atoms with Gasteiger partial charge in [0.1, 0.15) is 11.5 Å². The molecule has 1 aliphatic rings. The number of para-hydroxylation sites is 2. The van der Waals surface area contributed by atoms with Gasteiger partial charge < -0.3 is 19.7 Å². The van der Waals surface area contributed by atoms with Gasteiger partial charge in [0.25, 0.3) is 11.8 Å². The summed E-state index contributed by atoms with van der Waals surface area (Å²) < 4.78 is 11.7. The minimum Gasteiger partial charge on any atom is -0.481 e. The number of carbonyl (C=O) groups excluding carboxylic acids is 2. The van der Waals surface area contributed by atoms with Gasteiger partial charge in [-0.25, -0.2) is 0 Å². The number of hydrogen-bond donors (Lipinski definition) is 1. The molecule has 0 radical (unpaired) electrons. The van der Waals surface area contributed by atoms with Crippen LogP contribution >= 0.6 is 0 Å². The normalized spacial score (nSPS) is 16.0. The molecular weight excluding hydrogens is 418 g/mol. The lowest BCUT2D eigenvalue weighted by Crippen LogP contribution is -2.53. The van der Waals surface area contributed by atoms with Crippen molar-refractivity contribution in [3.63, 3.8) is 0 Å². The van der Waals surface area contributed by atoms with E-state index in [1.807, 2.05) is 79.4 Å². The molecule has 178 valence electrons. The molecule has 2 aromatic rings. The Morgan fingerprint density at radius 2 is 1.33 bits per heavy atom. The van der Waals surface area contributed by atoms with Crippen LogP contribution in [0, 0.1) is 0 Å². The van der Waals surface area contributed by atoms with Gasteiger partial charge in [-0.05, 0) is 37.1 Å². The Hall–Kier alpha value is -3.06. The van der Waals surface area contributed by atoms with Gasteiger partial charge in [0, 0.05) is 39.3 Å². The smallest absolute Gasteiger partial charge is 0.263 e. The van der Waals surface area contributed by atoms with Crippen LogP contribution in [-0.2, 0) is 9.59 Å². The van der Waals surface area contributed by atoms with Crippen LogP contribution in [0.5, 0.6) is 11.5 Å². The van der Waals surface area contributed by atoms with Crippen molar-refractivity contribution in [2.75, 3.05) is 39.3 Å². The molecule has 0 aliphatic carbocycles. The second-order valence-electron chi connectivity index (χ2n) is 8.11. The first-order chi connectivity index (χ1) is 16.1. The molecule has 1 fully saturated rings. The second-order valence-corrected chi connectivity index (χ2v) is 8.11. The van der Waals surface area contributed by atoms with E-state index in [-0.39, 0.29) is 11.8 Å². The SMILES string of the molecule is CC[C@H](Oc1ccccc1)C(=O)NCCN1CCN(C(=O)[C@@H](CC)Oc2ccccc2)CC1. The Labute approximate surface area is 196 Å². The largest absolute Gasteiger partial charge is 0.481 e. The fraction of sp³-hybridized carbons (Fsp3) is 0.462. The third-order valence-corrected chi connectivity index (χ3v) is 5.76. The lowest BCUT2D eigenvalue weighted by atomic mass is 10.2. The number of benzene rings is 2. The molecule has 0 aromatic heterocycles. The van der Waals surface area contributed by atoms with Crippen LogP contribution < -0.4 is 14.8 Å². The molecule has 33 heavy (non-hydrogen) atoms. The van der Waals surface area contributed by atoms with Crippen molar-refractivity contribution >= 4 is 11.8 Å². The fourth-order valence-electron chi connectivity index (χ4n) is 3.80. The topological polar surface area (TPSA) is 71.1 Å². The predicted molar refractivity (Wildman–Crippen MR) is 128 cm³/mol. The molecule has 7 nitrogen and oxygen atoms in total. The van der Waals surface area contributed by atoms with E-state index in [0.29, 0.717) is 44.0 Å². The summed E-state index contributed by atoms with van der Waals surface area (Å²) in [6, 6.07) is 18.9. The molecule has 0 saturated carbocycles. The summed E-state index contributed by atoms with van der Waals surface area (Å²) in [6.45, 7) is 8.09. The molecule has 1 saturated heterocycles. The third-order valence-electron chi connectivity index (χ3n) is 5.76. The molecule has 1 N–H and O–H groups in total. The summed E-state index contributed by atoms with van der Waals surface area (Å²) in [5.74, 6) is 1.35. The second kappa shape index (κ2) is 12.8. The maximum absolute atomic E-state index is 12.9. The first-order valence-electron chi connectivity index (χ1n) is 11.8. The van der Waals surface area contributed by atoms with Gasteiger partial charge in [-0.1, -0.05) is 50.2 Å². The van der Waals surface area contributed by atoms with Crippen LogP contribution in [0.25, 0.3) is 0 Å². The molecule has 1 heterocycles. The summed E-state index contributed by atoms with van der Waals surface area (Å²) in [4.78, 5) is 29.6. The molecule has 3 rings (SSSR count). The number of carbonyl (C=O) groups is 2. The monoisotopic (exact) mass is 453 g/mol. The third kappa shape index (κ3) is 7.49. The van der Waals surface area contributed by atoms with E-state index < -0.39 is 12.2 Å². The van der Waals surface area contributed by atoms with Gasteiger partial charge >= 0.3 is 0 Å². The van der Waals surface area contributed by atoms with Crippen molar-refractivity contribution in [3.8, 4) is 11.5 Å². The molecule has 2 atom stereocenters. The quantitative estimate of drug-likeness (QED) is 0.567. The highest BCUT2D eigenvalue weighted by molar-refractivity contribution is 5.81. The van der Waals surface area contributed by atoms with Crippen LogP contribution in [0.4, 0.5) is 0 Å². The van der Waals surface area contributed by atoms with E-state index >= 15 is 0 Å². The highest BCUT2D eigenvalue weighted by Gasteiger charge is 2.28. The lowest BCUT2D eigenvalue weighted by Gasteiger charge is -2.36. The number of piperazine rings is 1. The minimum absolute atomic E-state index is 0.0400. The molecule has 2 aromatic carbocycles. The van der Waals surface area contributed by atoms with E-state index in [1.165, 1.54) is 0 Å². The van der Waals surface area contributed by atoms with E-state index in [9.17, 15) is 9.59 Å². The van der Waals surface area contributed by atoms with Crippen LogP contribution in [0.2, 0.25) is 0 Å². The first kappa shape index (κ1) is 24.6. The van der Waals surface area contributed by atoms with Crippen molar-refractivity contribution in [3.05, 3.63) is 60.7 Å². The van der Waals surface area contributed by atoms with Gasteiger partial charge in [-0.3, -0.25) is 14.5 Å². The Balaban J connectivity index is 1.38. The fourth-order valence-corrected chi connectivity index (χ4v) is 3.80. The Kier molecular flexibility index (Phi) is 9.57. The number of nitrogens with zero attached hydrogens (tertiary/aromatic N) is 2. The molecule has 2 amide bonds. The van der Waals surface area contributed by atoms with Crippen LogP contribution in [-0.4, -0.2) is 73.1 Å². The lowest BCUT2D eigenvalue weighted by molar-refractivity contribution is -0.140. The standard InChI is InChI=1S/C26H35N3O4/c1-3-23(32-21-11-7-5-8-12-21)25(30)27-15-16-28-17-19-29(20-18-28)26(31)24(4-2)33-22-13-9-6-10-14-22/h5-14,23-24H,3-4,15-20H2,1-2H3,(H,27,30)/t23-,24+/m0/s1. The van der Waals surface area contributed by atoms with E-state index in [0.717, 1.165) is 19.6 Å². The van der Waals surface area contributed by atoms with E-state index in [1.54, 1.807) is 0 Å². The zero-order valence-corrected chi connectivity index (χ0v) is 19.6. The summed E-state index contributed by atoms with van der Waals surface area (Å²) in [6.07, 6.45) is 0.265. The van der Waals surface area contributed by atoms with Crippen molar-refractivity contribution in [1.82, 2.24) is 15.1 Å². The summed E-state index contributed by atoms with van der Waals surface area (Å²) in [5.41, 5.74) is 0. The molecule has 7 heteroatoms.